The highest BCUT2D eigenvalue weighted by molar-refractivity contribution is 9.10. The maximum absolute atomic E-state index is 10.9. The van der Waals surface area contributed by atoms with E-state index in [4.69, 9.17) is 0 Å². The largest absolute Gasteiger partial charge is 0.383 e. The van der Waals surface area contributed by atoms with Gasteiger partial charge in [-0.25, -0.2) is 0 Å². The average Bonchev–Trinajstić information content (AvgIpc) is 2.73. The van der Waals surface area contributed by atoms with E-state index in [2.05, 4.69) is 37.9 Å². The van der Waals surface area contributed by atoms with Crippen LogP contribution in [0.15, 0.2) is 10.7 Å². The number of hydrogen-bond donors (Lipinski definition) is 1. The van der Waals surface area contributed by atoms with Crippen molar-refractivity contribution >= 4 is 15.9 Å². The summed E-state index contributed by atoms with van der Waals surface area (Å²) in [5.74, 6) is 0. The summed E-state index contributed by atoms with van der Waals surface area (Å²) in [5, 5.41) is 15.3. The molecule has 0 spiro atoms. The molecule has 1 fully saturated rings. The number of likely N-dealkylation sites (tertiary alicyclic amines) is 1. The van der Waals surface area contributed by atoms with Crippen LogP contribution in [0.3, 0.4) is 0 Å². The zero-order chi connectivity index (χ0) is 14.0. The summed E-state index contributed by atoms with van der Waals surface area (Å²) in [6, 6.07) is 0. The zero-order valence-electron chi connectivity index (χ0n) is 11.9. The minimum atomic E-state index is -0.756. The first-order chi connectivity index (χ1) is 8.92. The van der Waals surface area contributed by atoms with Gasteiger partial charge < -0.3 is 14.9 Å². The van der Waals surface area contributed by atoms with Crippen LogP contribution in [0.5, 0.6) is 0 Å². The fourth-order valence-electron chi connectivity index (χ4n) is 2.51. The van der Waals surface area contributed by atoms with Gasteiger partial charge in [0.15, 0.2) is 0 Å². The second kappa shape index (κ2) is 5.91. The average molecular weight is 331 g/mol. The van der Waals surface area contributed by atoms with Gasteiger partial charge in [0.05, 0.1) is 22.9 Å². The Balaban J connectivity index is 2.20. The molecule has 108 valence electrons. The summed E-state index contributed by atoms with van der Waals surface area (Å²) in [6.45, 7) is 3.55. The number of likely N-dealkylation sites (N-methyl/N-ethyl adjacent to an activating group) is 1. The molecule has 1 aliphatic heterocycles. The maximum atomic E-state index is 10.9. The zero-order valence-corrected chi connectivity index (χ0v) is 13.5. The molecule has 19 heavy (non-hydrogen) atoms. The topological polar surface area (TPSA) is 44.5 Å². The maximum Gasteiger partial charge on any atom is 0.110 e. The van der Waals surface area contributed by atoms with Crippen LogP contribution in [-0.4, -0.2) is 65.5 Å². The Bertz CT molecular complexity index is 424. The van der Waals surface area contributed by atoms with Gasteiger partial charge >= 0.3 is 0 Å². The molecule has 0 saturated carbocycles. The summed E-state index contributed by atoms with van der Waals surface area (Å²) >= 11 is 3.54. The van der Waals surface area contributed by atoms with Gasteiger partial charge in [0.25, 0.3) is 0 Å². The van der Waals surface area contributed by atoms with Crippen LogP contribution in [0.2, 0.25) is 0 Å². The van der Waals surface area contributed by atoms with Crippen molar-refractivity contribution in [2.45, 2.75) is 25.0 Å². The van der Waals surface area contributed by atoms with Gasteiger partial charge in [0.1, 0.15) is 5.60 Å². The first kappa shape index (κ1) is 15.0. The van der Waals surface area contributed by atoms with Crippen LogP contribution in [0.4, 0.5) is 0 Å². The first-order valence-electron chi connectivity index (χ1n) is 6.70. The van der Waals surface area contributed by atoms with Crippen molar-refractivity contribution < 1.29 is 5.11 Å². The van der Waals surface area contributed by atoms with E-state index in [1.54, 1.807) is 6.20 Å². The number of aliphatic hydroxyl groups is 1. The third kappa shape index (κ3) is 3.37. The number of nitrogens with zero attached hydrogens (tertiary/aromatic N) is 4. The number of piperidine rings is 1. The molecule has 1 N–H and O–H groups in total. The summed E-state index contributed by atoms with van der Waals surface area (Å²) in [4.78, 5) is 4.38. The lowest BCUT2D eigenvalue weighted by atomic mass is 9.88. The molecule has 0 radical (unpaired) electrons. The number of halogens is 1. The van der Waals surface area contributed by atoms with Crippen LogP contribution >= 0.6 is 15.9 Å². The molecule has 0 amide bonds. The summed E-state index contributed by atoms with van der Waals surface area (Å²) in [5.41, 5.74) is 0.177. The van der Waals surface area contributed by atoms with Gasteiger partial charge in [-0.1, -0.05) is 0 Å². The van der Waals surface area contributed by atoms with E-state index in [1.165, 1.54) is 0 Å². The van der Waals surface area contributed by atoms with Crippen molar-refractivity contribution in [1.82, 2.24) is 19.6 Å². The van der Waals surface area contributed by atoms with Gasteiger partial charge in [0.2, 0.25) is 0 Å². The number of hydrogen-bond acceptors (Lipinski definition) is 4. The Kier molecular flexibility index (Phi) is 4.66. The van der Waals surface area contributed by atoms with Crippen molar-refractivity contribution in [1.29, 1.82) is 0 Å². The quantitative estimate of drug-likeness (QED) is 0.898. The number of rotatable bonds is 4. The highest BCUT2D eigenvalue weighted by Crippen LogP contribution is 2.36. The highest BCUT2D eigenvalue weighted by atomic mass is 79.9. The normalized spacial score (nSPS) is 20.1. The summed E-state index contributed by atoms with van der Waals surface area (Å²) < 4.78 is 2.85. The third-order valence-corrected chi connectivity index (χ3v) is 4.39. The van der Waals surface area contributed by atoms with Crippen LogP contribution in [-0.2, 0) is 12.1 Å². The summed E-state index contributed by atoms with van der Waals surface area (Å²) in [7, 11) is 6.18. The van der Waals surface area contributed by atoms with E-state index in [0.29, 0.717) is 0 Å². The van der Waals surface area contributed by atoms with Crippen LogP contribution < -0.4 is 0 Å². The Morgan fingerprint density at radius 2 is 2.05 bits per heavy atom. The molecule has 2 rings (SSSR count). The lowest BCUT2D eigenvalue weighted by Crippen LogP contribution is -2.42. The standard InChI is InChI=1S/C13H23BrN4O/c1-16(2)8-9-18-12(11(14)10-15-18)13(19)4-6-17(3)7-5-13/h10,19H,4-9H2,1-3H3. The highest BCUT2D eigenvalue weighted by Gasteiger charge is 2.37. The monoisotopic (exact) mass is 330 g/mol. The van der Waals surface area contributed by atoms with Crippen molar-refractivity contribution in [3.63, 3.8) is 0 Å². The van der Waals surface area contributed by atoms with Gasteiger partial charge in [-0.3, -0.25) is 4.68 Å². The van der Waals surface area contributed by atoms with Crippen molar-refractivity contribution in [3.8, 4) is 0 Å². The predicted octanol–water partition coefficient (Wildman–Crippen LogP) is 1.12. The fourth-order valence-corrected chi connectivity index (χ4v) is 3.18. The predicted molar refractivity (Wildman–Crippen MR) is 79.1 cm³/mol. The fraction of sp³-hybridized carbons (Fsp3) is 0.769. The first-order valence-corrected chi connectivity index (χ1v) is 7.49. The molecule has 0 atom stereocenters. The molecule has 0 unspecified atom stereocenters. The molecule has 1 aliphatic rings. The lowest BCUT2D eigenvalue weighted by Gasteiger charge is -2.37. The van der Waals surface area contributed by atoms with E-state index in [1.807, 2.05) is 18.8 Å². The molecule has 0 bridgehead atoms. The molecule has 5 nitrogen and oxygen atoms in total. The van der Waals surface area contributed by atoms with Crippen molar-refractivity contribution in [3.05, 3.63) is 16.4 Å². The Hall–Kier alpha value is -0.430. The minimum Gasteiger partial charge on any atom is -0.383 e. The Morgan fingerprint density at radius 3 is 2.63 bits per heavy atom. The lowest BCUT2D eigenvalue weighted by molar-refractivity contribution is -0.0282. The SMILES string of the molecule is CN(C)CCn1ncc(Br)c1C1(O)CCN(C)CC1. The molecular formula is C13H23BrN4O. The Morgan fingerprint density at radius 1 is 1.42 bits per heavy atom. The molecule has 0 aliphatic carbocycles. The molecule has 1 saturated heterocycles. The smallest absolute Gasteiger partial charge is 0.110 e. The minimum absolute atomic E-state index is 0.756. The molecule has 1 aromatic heterocycles. The summed E-state index contributed by atoms with van der Waals surface area (Å²) in [6.07, 6.45) is 3.31. The Labute approximate surface area is 123 Å². The van der Waals surface area contributed by atoms with Gasteiger partial charge in [0, 0.05) is 19.6 Å². The molecule has 2 heterocycles. The molecule has 1 aromatic rings. The molecule has 6 heteroatoms. The van der Waals surface area contributed by atoms with E-state index in [-0.39, 0.29) is 0 Å². The van der Waals surface area contributed by atoms with Crippen molar-refractivity contribution in [2.75, 3.05) is 40.8 Å². The second-order valence-electron chi connectivity index (χ2n) is 5.70. The second-order valence-corrected chi connectivity index (χ2v) is 6.56. The van der Waals surface area contributed by atoms with Crippen LogP contribution in [0, 0.1) is 0 Å². The molecular weight excluding hydrogens is 308 g/mol. The number of aromatic nitrogens is 2. The third-order valence-electron chi connectivity index (χ3n) is 3.81. The van der Waals surface area contributed by atoms with Crippen molar-refractivity contribution in [2.24, 2.45) is 0 Å². The van der Waals surface area contributed by atoms with E-state index in [0.717, 1.165) is 49.2 Å². The van der Waals surface area contributed by atoms with E-state index in [9.17, 15) is 5.11 Å². The van der Waals surface area contributed by atoms with E-state index < -0.39 is 5.60 Å². The van der Waals surface area contributed by atoms with Gasteiger partial charge in [-0.15, -0.1) is 0 Å². The van der Waals surface area contributed by atoms with Gasteiger partial charge in [-0.2, -0.15) is 5.10 Å². The van der Waals surface area contributed by atoms with Crippen LogP contribution in [0.25, 0.3) is 0 Å². The van der Waals surface area contributed by atoms with Crippen LogP contribution in [0.1, 0.15) is 18.5 Å². The van der Waals surface area contributed by atoms with E-state index >= 15 is 0 Å². The van der Waals surface area contributed by atoms with Gasteiger partial charge in [-0.05, 0) is 49.9 Å². The molecule has 0 aromatic carbocycles.